The molecule has 22 heavy (non-hydrogen) atoms. The Morgan fingerprint density at radius 2 is 2.09 bits per heavy atom. The van der Waals surface area contributed by atoms with Crippen LogP contribution >= 0.6 is 0 Å². The Balaban J connectivity index is 1.73. The van der Waals surface area contributed by atoms with E-state index in [1.54, 1.807) is 0 Å². The first kappa shape index (κ1) is 15.5. The van der Waals surface area contributed by atoms with Crippen LogP contribution in [0.15, 0.2) is 12.7 Å². The Morgan fingerprint density at radius 1 is 1.41 bits per heavy atom. The second-order valence-corrected chi connectivity index (χ2v) is 8.33. The minimum absolute atomic E-state index is 0.0798. The SMILES string of the molecule is C=CC(=O)OCC(=O)OC1C2OS(=O)(=O)C3CC1C(C)(C)C23. The van der Waals surface area contributed by atoms with Gasteiger partial charge < -0.3 is 9.47 Å². The maximum Gasteiger partial charge on any atom is 0.344 e. The van der Waals surface area contributed by atoms with E-state index in [1.165, 1.54) is 0 Å². The van der Waals surface area contributed by atoms with Crippen LogP contribution in [-0.4, -0.2) is 44.4 Å². The number of carbonyl (C=O) groups is 2. The molecule has 0 radical (unpaired) electrons. The summed E-state index contributed by atoms with van der Waals surface area (Å²) in [6.07, 6.45) is 0.123. The molecule has 7 nitrogen and oxygen atoms in total. The van der Waals surface area contributed by atoms with Gasteiger partial charge in [0.15, 0.2) is 6.61 Å². The van der Waals surface area contributed by atoms with Crippen molar-refractivity contribution in [2.45, 2.75) is 37.7 Å². The molecule has 8 heteroatoms. The minimum atomic E-state index is -3.59. The summed E-state index contributed by atoms with van der Waals surface area (Å²) in [6.45, 7) is 6.65. The van der Waals surface area contributed by atoms with Crippen LogP contribution in [-0.2, 0) is 33.4 Å². The van der Waals surface area contributed by atoms with Gasteiger partial charge in [0.25, 0.3) is 10.1 Å². The van der Waals surface area contributed by atoms with Crippen molar-refractivity contribution in [3.05, 3.63) is 12.7 Å². The van der Waals surface area contributed by atoms with Crippen molar-refractivity contribution < 1.29 is 31.7 Å². The summed E-state index contributed by atoms with van der Waals surface area (Å²) in [5, 5.41) is -0.508. The molecule has 1 aliphatic heterocycles. The summed E-state index contributed by atoms with van der Waals surface area (Å²) in [7, 11) is -3.59. The number of ether oxygens (including phenoxy) is 2. The Hall–Kier alpha value is -1.41. The van der Waals surface area contributed by atoms with Gasteiger partial charge in [-0.15, -0.1) is 0 Å². The van der Waals surface area contributed by atoms with Gasteiger partial charge in [0.2, 0.25) is 0 Å². The average Bonchev–Trinajstić information content (AvgIpc) is 2.90. The normalized spacial score (nSPS) is 39.5. The molecular formula is C14H18O7S. The lowest BCUT2D eigenvalue weighted by Gasteiger charge is -2.26. The quantitative estimate of drug-likeness (QED) is 0.418. The van der Waals surface area contributed by atoms with E-state index >= 15 is 0 Å². The standard InChI is InChI=1S/C14H18O7S/c1-4-9(15)19-6-10(16)20-12-7-5-8-11(14(7,2)3)13(12)21-22(8,17)18/h4,7-8,11-13H,1,5-6H2,2-3H3. The monoisotopic (exact) mass is 330 g/mol. The number of fused-ring (bicyclic) bond motifs is 1. The second-order valence-electron chi connectivity index (χ2n) is 6.55. The summed E-state index contributed by atoms with van der Waals surface area (Å²) in [5.41, 5.74) is -0.276. The minimum Gasteiger partial charge on any atom is -0.457 e. The molecule has 2 saturated carbocycles. The third-order valence-corrected chi connectivity index (χ3v) is 6.88. The van der Waals surface area contributed by atoms with Gasteiger partial charge in [-0.25, -0.2) is 9.59 Å². The molecule has 3 aliphatic rings. The predicted molar refractivity (Wildman–Crippen MR) is 74.0 cm³/mol. The third kappa shape index (κ3) is 2.08. The van der Waals surface area contributed by atoms with Crippen LogP contribution in [0.25, 0.3) is 0 Å². The van der Waals surface area contributed by atoms with E-state index in [2.05, 4.69) is 11.3 Å². The molecular weight excluding hydrogens is 312 g/mol. The topological polar surface area (TPSA) is 96.0 Å². The number of esters is 2. The molecule has 3 fully saturated rings. The van der Waals surface area contributed by atoms with Crippen LogP contribution in [0.4, 0.5) is 0 Å². The van der Waals surface area contributed by atoms with E-state index < -0.39 is 46.1 Å². The van der Waals surface area contributed by atoms with Gasteiger partial charge >= 0.3 is 11.9 Å². The van der Waals surface area contributed by atoms with Gasteiger partial charge in [0.1, 0.15) is 12.2 Å². The second kappa shape index (κ2) is 4.79. The third-order valence-electron chi connectivity index (χ3n) is 5.16. The number of carbonyl (C=O) groups excluding carboxylic acids is 2. The molecule has 2 bridgehead atoms. The van der Waals surface area contributed by atoms with Gasteiger partial charge in [-0.3, -0.25) is 4.18 Å². The molecule has 3 rings (SSSR count). The number of hydrogen-bond acceptors (Lipinski definition) is 7. The summed E-state index contributed by atoms with van der Waals surface area (Å²) in [6, 6.07) is 0. The molecule has 1 saturated heterocycles. The molecule has 0 aromatic heterocycles. The Kier molecular flexibility index (Phi) is 3.37. The van der Waals surface area contributed by atoms with E-state index in [-0.39, 0.29) is 17.3 Å². The highest BCUT2D eigenvalue weighted by atomic mass is 32.2. The smallest absolute Gasteiger partial charge is 0.344 e. The summed E-state index contributed by atoms with van der Waals surface area (Å²) in [4.78, 5) is 22.7. The van der Waals surface area contributed by atoms with Crippen molar-refractivity contribution in [2.24, 2.45) is 17.3 Å². The van der Waals surface area contributed by atoms with Crippen molar-refractivity contribution >= 4 is 22.1 Å². The van der Waals surface area contributed by atoms with Crippen LogP contribution in [0.1, 0.15) is 20.3 Å². The van der Waals surface area contributed by atoms with Crippen LogP contribution in [0.5, 0.6) is 0 Å². The van der Waals surface area contributed by atoms with Crippen molar-refractivity contribution in [1.29, 1.82) is 0 Å². The summed E-state index contributed by atoms with van der Waals surface area (Å²) in [5.74, 6) is -1.68. The van der Waals surface area contributed by atoms with E-state index in [1.807, 2.05) is 13.8 Å². The van der Waals surface area contributed by atoms with Crippen LogP contribution in [0.3, 0.4) is 0 Å². The predicted octanol–water partition coefficient (Wildman–Crippen LogP) is 0.400. The van der Waals surface area contributed by atoms with E-state index in [0.29, 0.717) is 6.42 Å². The molecule has 0 aromatic rings. The van der Waals surface area contributed by atoms with Crippen LogP contribution in [0, 0.1) is 17.3 Å². The van der Waals surface area contributed by atoms with Crippen LogP contribution in [0.2, 0.25) is 0 Å². The first-order valence-electron chi connectivity index (χ1n) is 7.09. The highest BCUT2D eigenvalue weighted by molar-refractivity contribution is 7.87. The molecule has 2 aliphatic carbocycles. The van der Waals surface area contributed by atoms with Crippen molar-refractivity contribution in [1.82, 2.24) is 0 Å². The molecule has 122 valence electrons. The first-order valence-corrected chi connectivity index (χ1v) is 8.56. The summed E-state index contributed by atoms with van der Waals surface area (Å²) >= 11 is 0. The molecule has 0 spiro atoms. The van der Waals surface area contributed by atoms with Crippen molar-refractivity contribution in [2.75, 3.05) is 6.61 Å². The van der Waals surface area contributed by atoms with Crippen molar-refractivity contribution in [3.63, 3.8) is 0 Å². The highest BCUT2D eigenvalue weighted by Crippen LogP contribution is 2.64. The molecule has 0 N–H and O–H groups in total. The Morgan fingerprint density at radius 3 is 2.73 bits per heavy atom. The van der Waals surface area contributed by atoms with E-state index in [0.717, 1.165) is 6.08 Å². The Bertz CT molecular complexity index is 636. The molecule has 1 heterocycles. The largest absolute Gasteiger partial charge is 0.457 e. The molecule has 5 unspecified atom stereocenters. The van der Waals surface area contributed by atoms with Gasteiger partial charge in [0, 0.05) is 17.9 Å². The van der Waals surface area contributed by atoms with Gasteiger partial charge in [-0.05, 0) is 11.8 Å². The van der Waals surface area contributed by atoms with E-state index in [4.69, 9.17) is 8.92 Å². The van der Waals surface area contributed by atoms with Gasteiger partial charge in [-0.1, -0.05) is 20.4 Å². The maximum absolute atomic E-state index is 12.0. The first-order chi connectivity index (χ1) is 10.2. The fourth-order valence-electron chi connectivity index (χ4n) is 4.21. The molecule has 0 amide bonds. The zero-order valence-corrected chi connectivity index (χ0v) is 13.2. The summed E-state index contributed by atoms with van der Waals surface area (Å²) < 4.78 is 39.2. The van der Waals surface area contributed by atoms with Gasteiger partial charge in [0.05, 0.1) is 5.25 Å². The molecule has 5 atom stereocenters. The average molecular weight is 330 g/mol. The van der Waals surface area contributed by atoms with Crippen molar-refractivity contribution in [3.8, 4) is 0 Å². The fraction of sp³-hybridized carbons (Fsp3) is 0.714. The zero-order chi connectivity index (χ0) is 16.3. The van der Waals surface area contributed by atoms with E-state index in [9.17, 15) is 18.0 Å². The maximum atomic E-state index is 12.0. The lowest BCUT2D eigenvalue weighted by Crippen LogP contribution is -2.38. The lowest BCUT2D eigenvalue weighted by molar-refractivity contribution is -0.165. The Labute approximate surface area is 128 Å². The number of hydrogen-bond donors (Lipinski definition) is 0. The number of rotatable bonds is 4. The molecule has 0 aromatic carbocycles. The highest BCUT2D eigenvalue weighted by Gasteiger charge is 2.73. The zero-order valence-electron chi connectivity index (χ0n) is 12.4. The van der Waals surface area contributed by atoms with Crippen LogP contribution < -0.4 is 0 Å². The van der Waals surface area contributed by atoms with Gasteiger partial charge in [-0.2, -0.15) is 8.42 Å². The fourth-order valence-corrected chi connectivity index (χ4v) is 6.20. The lowest BCUT2D eigenvalue weighted by atomic mass is 9.81.